The van der Waals surface area contributed by atoms with Gasteiger partial charge in [0, 0.05) is 68.2 Å². The van der Waals surface area contributed by atoms with Crippen LogP contribution in [0, 0.1) is 5.92 Å². The van der Waals surface area contributed by atoms with Crippen LogP contribution in [0.25, 0.3) is 21.8 Å². The van der Waals surface area contributed by atoms with Gasteiger partial charge in [-0.3, -0.25) is 9.59 Å². The van der Waals surface area contributed by atoms with Gasteiger partial charge in [-0.15, -0.1) is 0 Å². The van der Waals surface area contributed by atoms with Crippen molar-refractivity contribution in [3.8, 4) is 0 Å². The van der Waals surface area contributed by atoms with Crippen LogP contribution in [-0.4, -0.2) is 52.9 Å². The van der Waals surface area contributed by atoms with Crippen molar-refractivity contribution >= 4 is 45.3 Å². The Bertz CT molecular complexity index is 1910. The van der Waals surface area contributed by atoms with E-state index < -0.39 is 5.92 Å². The van der Waals surface area contributed by atoms with Crippen molar-refractivity contribution in [3.63, 3.8) is 0 Å². The number of hydrogen-bond acceptors (Lipinski definition) is 6. The Labute approximate surface area is 284 Å². The van der Waals surface area contributed by atoms with Gasteiger partial charge in [-0.2, -0.15) is 4.98 Å². The largest absolute Gasteiger partial charge is 0.362 e. The van der Waals surface area contributed by atoms with E-state index in [4.69, 9.17) is 9.97 Å². The minimum Gasteiger partial charge on any atom is -0.362 e. The van der Waals surface area contributed by atoms with Crippen LogP contribution in [0.5, 0.6) is 0 Å². The van der Waals surface area contributed by atoms with Crippen LogP contribution in [0.15, 0.2) is 79.0 Å². The highest BCUT2D eigenvalue weighted by molar-refractivity contribution is 6.02. The molecule has 1 unspecified atom stereocenters. The van der Waals surface area contributed by atoms with Gasteiger partial charge in [0.05, 0.1) is 11.4 Å². The summed E-state index contributed by atoms with van der Waals surface area (Å²) in [7, 11) is 6.00. The van der Waals surface area contributed by atoms with Gasteiger partial charge in [-0.1, -0.05) is 75.4 Å². The Hall–Kier alpha value is -4.72. The molecular weight excluding hydrogens is 596 g/mol. The molecule has 8 nitrogen and oxygen atoms in total. The van der Waals surface area contributed by atoms with Crippen LogP contribution in [0.1, 0.15) is 80.3 Å². The summed E-state index contributed by atoms with van der Waals surface area (Å²) in [6.45, 7) is 7.08. The van der Waals surface area contributed by atoms with Crippen molar-refractivity contribution < 1.29 is 9.59 Å². The summed E-state index contributed by atoms with van der Waals surface area (Å²) in [6, 6.07) is 24.3. The molecule has 250 valence electrons. The lowest BCUT2D eigenvalue weighted by molar-refractivity contribution is -0.122. The molecule has 0 radical (unpaired) electrons. The minimum atomic E-state index is -0.583. The molecule has 1 fully saturated rings. The fourth-order valence-electron chi connectivity index (χ4n) is 6.98. The normalized spacial score (nSPS) is 17.3. The van der Waals surface area contributed by atoms with Gasteiger partial charge in [0.2, 0.25) is 11.9 Å². The van der Waals surface area contributed by atoms with E-state index >= 15 is 0 Å². The maximum atomic E-state index is 14.0. The summed E-state index contributed by atoms with van der Waals surface area (Å²) in [6.07, 6.45) is 6.06. The Morgan fingerprint density at radius 1 is 0.896 bits per heavy atom. The fourth-order valence-corrected chi connectivity index (χ4v) is 6.98. The number of para-hydroxylation sites is 2. The average molecular weight is 645 g/mol. The quantitative estimate of drug-likeness (QED) is 0.152. The van der Waals surface area contributed by atoms with E-state index in [0.717, 1.165) is 58.9 Å². The zero-order valence-corrected chi connectivity index (χ0v) is 29.1. The summed E-state index contributed by atoms with van der Waals surface area (Å²) in [4.78, 5) is 39.3. The Balaban J connectivity index is 1.12. The van der Waals surface area contributed by atoms with E-state index in [9.17, 15) is 9.59 Å². The summed E-state index contributed by atoms with van der Waals surface area (Å²) in [5, 5.41) is 8.90. The van der Waals surface area contributed by atoms with Crippen LogP contribution in [0.2, 0.25) is 0 Å². The maximum absolute atomic E-state index is 14.0. The van der Waals surface area contributed by atoms with Crippen LogP contribution in [0.3, 0.4) is 0 Å². The van der Waals surface area contributed by atoms with Crippen molar-refractivity contribution in [2.24, 2.45) is 13.0 Å². The van der Waals surface area contributed by atoms with E-state index in [1.165, 1.54) is 5.56 Å². The van der Waals surface area contributed by atoms with Crippen LogP contribution < -0.4 is 15.5 Å². The summed E-state index contributed by atoms with van der Waals surface area (Å²) in [5.74, 6) is 1.23. The molecule has 6 rings (SSSR count). The predicted octanol–water partition coefficient (Wildman–Crippen LogP) is 7.63. The van der Waals surface area contributed by atoms with Crippen molar-refractivity contribution in [1.29, 1.82) is 0 Å². The van der Waals surface area contributed by atoms with Crippen LogP contribution >= 0.6 is 0 Å². The molecule has 2 aromatic heterocycles. The number of amides is 1. The number of anilines is 2. The minimum absolute atomic E-state index is 0.00196. The molecule has 1 aliphatic rings. The number of hydrogen-bond donors (Lipinski definition) is 2. The lowest BCUT2D eigenvalue weighted by Crippen LogP contribution is -2.37. The predicted molar refractivity (Wildman–Crippen MR) is 196 cm³/mol. The summed E-state index contributed by atoms with van der Waals surface area (Å²) in [5.41, 5.74) is 4.69. The third kappa shape index (κ3) is 7.23. The number of nitrogens with one attached hydrogen (secondary N) is 2. The molecule has 0 aliphatic heterocycles. The van der Waals surface area contributed by atoms with E-state index in [2.05, 4.69) is 43.5 Å². The van der Waals surface area contributed by atoms with Crippen molar-refractivity contribution in [2.75, 3.05) is 30.9 Å². The fraction of sp³-hybridized carbons (Fsp3) is 0.400. The van der Waals surface area contributed by atoms with E-state index in [-0.39, 0.29) is 29.6 Å². The number of benzene rings is 3. The van der Waals surface area contributed by atoms with Gasteiger partial charge in [0.25, 0.3) is 0 Å². The van der Waals surface area contributed by atoms with Gasteiger partial charge in [-0.05, 0) is 66.3 Å². The van der Waals surface area contributed by atoms with Gasteiger partial charge in [0.15, 0.2) is 5.78 Å². The number of carbonyl (C=O) groups is 2. The summed E-state index contributed by atoms with van der Waals surface area (Å²) >= 11 is 0. The first-order chi connectivity index (χ1) is 23.0. The van der Waals surface area contributed by atoms with Crippen molar-refractivity contribution in [2.45, 2.75) is 70.3 Å². The van der Waals surface area contributed by atoms with Crippen LogP contribution in [0.4, 0.5) is 11.8 Å². The highest BCUT2D eigenvalue weighted by Gasteiger charge is 2.29. The number of aromatic nitrogens is 3. The first kappa shape index (κ1) is 33.2. The molecule has 1 amide bonds. The highest BCUT2D eigenvalue weighted by atomic mass is 16.2. The Morgan fingerprint density at radius 2 is 1.56 bits per heavy atom. The second kappa shape index (κ2) is 13.8. The number of rotatable bonds is 10. The number of ketones is 1. The van der Waals surface area contributed by atoms with Crippen molar-refractivity contribution in [3.05, 3.63) is 95.7 Å². The van der Waals surface area contributed by atoms with E-state index in [1.54, 1.807) is 0 Å². The molecule has 1 atom stereocenters. The maximum Gasteiger partial charge on any atom is 0.228 e. The number of Topliss-reactive ketones (excluding diaryl/α,β-unsaturated/α-hetero) is 1. The first-order valence-corrected chi connectivity index (χ1v) is 17.1. The molecule has 0 saturated heterocycles. The monoisotopic (exact) mass is 644 g/mol. The van der Waals surface area contributed by atoms with Gasteiger partial charge >= 0.3 is 0 Å². The molecule has 5 aromatic rings. The van der Waals surface area contributed by atoms with Gasteiger partial charge in [0.1, 0.15) is 5.82 Å². The zero-order valence-electron chi connectivity index (χ0n) is 29.1. The molecule has 48 heavy (non-hydrogen) atoms. The molecule has 3 aromatic carbocycles. The van der Waals surface area contributed by atoms with Crippen molar-refractivity contribution in [1.82, 2.24) is 19.9 Å². The Kier molecular flexibility index (Phi) is 9.54. The van der Waals surface area contributed by atoms with Gasteiger partial charge < -0.3 is 20.1 Å². The highest BCUT2D eigenvalue weighted by Crippen LogP contribution is 2.33. The lowest BCUT2D eigenvalue weighted by Gasteiger charge is -2.30. The van der Waals surface area contributed by atoms with E-state index in [1.807, 2.05) is 97.5 Å². The second-order valence-corrected chi connectivity index (χ2v) is 14.6. The number of fused-ring (bicyclic) bond motifs is 2. The number of nitrogens with zero attached hydrogens (tertiary/aromatic N) is 4. The molecule has 1 aliphatic carbocycles. The summed E-state index contributed by atoms with van der Waals surface area (Å²) < 4.78 is 2.04. The molecule has 0 bridgehead atoms. The number of carbonyl (C=O) groups excluding carboxylic acids is 2. The molecule has 8 heteroatoms. The standard InChI is InChI=1S/C40H48N6O2/c1-40(2,3)28-19-17-27(18-20-28)36(47)23-32(33-25-46(6)35-14-10-8-11-30(33)35)38(48)41-24-26-15-21-29(22-16-26)42-39-43-34-13-9-7-12-31(34)37(44-39)45(4)5/h7-14,17-20,25-26,29,32H,15-16,21-24H2,1-6H3,(H,41,48)(H,42,43,44). The Morgan fingerprint density at radius 3 is 2.25 bits per heavy atom. The third-order valence-corrected chi connectivity index (χ3v) is 9.83. The molecular formula is C40H48N6O2. The molecule has 0 spiro atoms. The van der Waals surface area contributed by atoms with Gasteiger partial charge in [-0.25, -0.2) is 4.98 Å². The average Bonchev–Trinajstić information content (AvgIpc) is 3.41. The second-order valence-electron chi connectivity index (χ2n) is 14.6. The third-order valence-electron chi connectivity index (χ3n) is 9.83. The molecule has 1 saturated carbocycles. The molecule has 2 heterocycles. The zero-order chi connectivity index (χ0) is 34.0. The molecule has 2 N–H and O–H groups in total. The topological polar surface area (TPSA) is 92.2 Å². The SMILES string of the molecule is CN(C)c1nc(NC2CCC(CNC(=O)C(CC(=O)c3ccc(C(C)(C)C)cc3)c3cn(C)c4ccccc34)CC2)nc2ccccc12. The lowest BCUT2D eigenvalue weighted by atomic mass is 9.85. The van der Waals surface area contributed by atoms with Crippen LogP contribution in [-0.2, 0) is 17.3 Å². The van der Waals surface area contributed by atoms with E-state index in [0.29, 0.717) is 24.0 Å². The first-order valence-electron chi connectivity index (χ1n) is 17.1. The smallest absolute Gasteiger partial charge is 0.228 e. The number of aryl methyl sites for hydroxylation is 1.